The van der Waals surface area contributed by atoms with Gasteiger partial charge in [0.2, 0.25) is 0 Å². The molecule has 4 nitrogen and oxygen atoms in total. The van der Waals surface area contributed by atoms with Crippen LogP contribution in [-0.2, 0) is 14.9 Å². The molecular formula is C13H16O4. The fourth-order valence-electron chi connectivity index (χ4n) is 2.20. The summed E-state index contributed by atoms with van der Waals surface area (Å²) in [5.74, 6) is 1.12. The fraction of sp³-hybridized carbons (Fsp3) is 0.462. The first-order valence-corrected chi connectivity index (χ1v) is 5.49. The van der Waals surface area contributed by atoms with Crippen LogP contribution in [0.5, 0.6) is 11.5 Å². The van der Waals surface area contributed by atoms with Gasteiger partial charge in [0.1, 0.15) is 16.9 Å². The third-order valence-electron chi connectivity index (χ3n) is 3.23. The van der Waals surface area contributed by atoms with Crippen molar-refractivity contribution in [1.82, 2.24) is 0 Å². The van der Waals surface area contributed by atoms with Crippen molar-refractivity contribution >= 4 is 5.97 Å². The van der Waals surface area contributed by atoms with E-state index >= 15 is 0 Å². The number of ether oxygens (including phenoxy) is 3. The molecule has 4 heteroatoms. The Hall–Kier alpha value is -1.71. The summed E-state index contributed by atoms with van der Waals surface area (Å²) in [6.07, 6.45) is 1.55. The van der Waals surface area contributed by atoms with Crippen molar-refractivity contribution in [2.45, 2.75) is 18.3 Å². The summed E-state index contributed by atoms with van der Waals surface area (Å²) in [5, 5.41) is 0. The second kappa shape index (κ2) is 4.28. The average Bonchev–Trinajstić information content (AvgIpc) is 3.18. The molecule has 1 saturated carbocycles. The number of esters is 1. The topological polar surface area (TPSA) is 44.8 Å². The van der Waals surface area contributed by atoms with Crippen molar-refractivity contribution in [3.8, 4) is 11.5 Å². The Bertz CT molecular complexity index is 413. The minimum Gasteiger partial charge on any atom is -0.496 e. The van der Waals surface area contributed by atoms with E-state index in [2.05, 4.69) is 0 Å². The zero-order valence-corrected chi connectivity index (χ0v) is 10.3. The maximum absolute atomic E-state index is 11.9. The standard InChI is InChI=1S/C13H16O4/c1-15-9-5-4-6-10(16-2)11(9)13(7-8-13)12(14)17-3/h4-6H,7-8H2,1-3H3. The van der Waals surface area contributed by atoms with Gasteiger partial charge in [0.15, 0.2) is 0 Å². The van der Waals surface area contributed by atoms with Gasteiger partial charge in [-0.2, -0.15) is 0 Å². The van der Waals surface area contributed by atoms with Gasteiger partial charge in [0, 0.05) is 0 Å². The lowest BCUT2D eigenvalue weighted by molar-refractivity contribution is -0.143. The molecule has 92 valence electrons. The number of carbonyl (C=O) groups excluding carboxylic acids is 1. The van der Waals surface area contributed by atoms with E-state index in [1.807, 2.05) is 18.2 Å². The highest BCUT2D eigenvalue weighted by atomic mass is 16.5. The van der Waals surface area contributed by atoms with E-state index < -0.39 is 5.41 Å². The second-order valence-electron chi connectivity index (χ2n) is 4.11. The van der Waals surface area contributed by atoms with Crippen molar-refractivity contribution in [1.29, 1.82) is 0 Å². The number of hydrogen-bond donors (Lipinski definition) is 0. The van der Waals surface area contributed by atoms with Gasteiger partial charge in [-0.05, 0) is 25.0 Å². The number of methoxy groups -OCH3 is 3. The summed E-state index contributed by atoms with van der Waals surface area (Å²) in [4.78, 5) is 11.9. The molecule has 0 aliphatic heterocycles. The normalized spacial score (nSPS) is 16.2. The van der Waals surface area contributed by atoms with Crippen molar-refractivity contribution in [2.24, 2.45) is 0 Å². The van der Waals surface area contributed by atoms with E-state index in [0.29, 0.717) is 11.5 Å². The summed E-state index contributed by atoms with van der Waals surface area (Å²) < 4.78 is 15.5. The van der Waals surface area contributed by atoms with Crippen LogP contribution in [-0.4, -0.2) is 27.3 Å². The number of rotatable bonds is 4. The molecular weight excluding hydrogens is 220 g/mol. The van der Waals surface area contributed by atoms with Gasteiger partial charge in [-0.1, -0.05) is 6.07 Å². The molecule has 2 rings (SSSR count). The highest BCUT2D eigenvalue weighted by molar-refractivity contribution is 5.88. The van der Waals surface area contributed by atoms with Crippen molar-refractivity contribution in [3.05, 3.63) is 23.8 Å². The number of hydrogen-bond acceptors (Lipinski definition) is 4. The van der Waals surface area contributed by atoms with Gasteiger partial charge in [-0.3, -0.25) is 4.79 Å². The highest BCUT2D eigenvalue weighted by Gasteiger charge is 2.55. The Morgan fingerprint density at radius 2 is 1.65 bits per heavy atom. The van der Waals surface area contributed by atoms with E-state index in [4.69, 9.17) is 14.2 Å². The summed E-state index contributed by atoms with van der Waals surface area (Å²) in [5.41, 5.74) is 0.226. The van der Waals surface area contributed by atoms with Crippen LogP contribution in [0, 0.1) is 0 Å². The minimum absolute atomic E-state index is 0.222. The smallest absolute Gasteiger partial charge is 0.316 e. The fourth-order valence-corrected chi connectivity index (χ4v) is 2.20. The van der Waals surface area contributed by atoms with Crippen LogP contribution in [0.3, 0.4) is 0 Å². The molecule has 0 radical (unpaired) electrons. The third kappa shape index (κ3) is 1.73. The van der Waals surface area contributed by atoms with Crippen molar-refractivity contribution < 1.29 is 19.0 Å². The molecule has 1 aliphatic carbocycles. The first kappa shape index (κ1) is 11.8. The van der Waals surface area contributed by atoms with Crippen LogP contribution < -0.4 is 9.47 Å². The Morgan fingerprint density at radius 3 is 2.00 bits per heavy atom. The summed E-state index contributed by atoms with van der Waals surface area (Å²) in [7, 11) is 4.58. The molecule has 0 atom stereocenters. The quantitative estimate of drug-likeness (QED) is 0.749. The maximum Gasteiger partial charge on any atom is 0.316 e. The van der Waals surface area contributed by atoms with Gasteiger partial charge in [0.25, 0.3) is 0 Å². The number of benzene rings is 1. The zero-order valence-electron chi connectivity index (χ0n) is 10.3. The predicted octanol–water partition coefficient (Wildman–Crippen LogP) is 1.91. The molecule has 0 N–H and O–H groups in total. The molecule has 1 fully saturated rings. The van der Waals surface area contributed by atoms with Crippen LogP contribution in [0.2, 0.25) is 0 Å². The molecule has 1 aliphatic rings. The van der Waals surface area contributed by atoms with Crippen LogP contribution in [0.1, 0.15) is 18.4 Å². The first-order chi connectivity index (χ1) is 8.19. The number of carbonyl (C=O) groups is 1. The molecule has 1 aromatic carbocycles. The summed E-state index contributed by atoms with van der Waals surface area (Å²) in [6, 6.07) is 5.51. The highest BCUT2D eigenvalue weighted by Crippen LogP contribution is 2.55. The van der Waals surface area contributed by atoms with E-state index in [1.54, 1.807) is 14.2 Å². The van der Waals surface area contributed by atoms with Gasteiger partial charge in [-0.25, -0.2) is 0 Å². The van der Waals surface area contributed by atoms with Crippen molar-refractivity contribution in [2.75, 3.05) is 21.3 Å². The first-order valence-electron chi connectivity index (χ1n) is 5.49. The molecule has 17 heavy (non-hydrogen) atoms. The van der Waals surface area contributed by atoms with E-state index in [-0.39, 0.29) is 5.97 Å². The molecule has 0 bridgehead atoms. The molecule has 0 spiro atoms. The van der Waals surface area contributed by atoms with Crippen LogP contribution >= 0.6 is 0 Å². The van der Waals surface area contributed by atoms with Crippen LogP contribution in [0.15, 0.2) is 18.2 Å². The average molecular weight is 236 g/mol. The maximum atomic E-state index is 11.9. The lowest BCUT2D eigenvalue weighted by Crippen LogP contribution is -2.23. The Morgan fingerprint density at radius 1 is 1.12 bits per heavy atom. The van der Waals surface area contributed by atoms with Gasteiger partial charge in [-0.15, -0.1) is 0 Å². The minimum atomic E-state index is -0.577. The predicted molar refractivity (Wildman–Crippen MR) is 62.5 cm³/mol. The van der Waals surface area contributed by atoms with Gasteiger partial charge >= 0.3 is 5.97 Å². The SMILES string of the molecule is COC(=O)C1(c2c(OC)cccc2OC)CC1. The van der Waals surface area contributed by atoms with E-state index in [9.17, 15) is 4.79 Å². The Labute approximate surface area is 100 Å². The van der Waals surface area contributed by atoms with Crippen molar-refractivity contribution in [3.63, 3.8) is 0 Å². The Balaban J connectivity index is 2.54. The Kier molecular flexibility index (Phi) is 2.96. The molecule has 0 heterocycles. The summed E-state index contributed by atoms with van der Waals surface area (Å²) in [6.45, 7) is 0. The largest absolute Gasteiger partial charge is 0.496 e. The van der Waals surface area contributed by atoms with Gasteiger partial charge in [0.05, 0.1) is 26.9 Å². The third-order valence-corrected chi connectivity index (χ3v) is 3.23. The van der Waals surface area contributed by atoms with Crippen LogP contribution in [0.25, 0.3) is 0 Å². The monoisotopic (exact) mass is 236 g/mol. The second-order valence-corrected chi connectivity index (χ2v) is 4.11. The summed E-state index contributed by atoms with van der Waals surface area (Å²) >= 11 is 0. The van der Waals surface area contributed by atoms with E-state index in [1.165, 1.54) is 7.11 Å². The lowest BCUT2D eigenvalue weighted by Gasteiger charge is -2.19. The van der Waals surface area contributed by atoms with E-state index in [0.717, 1.165) is 18.4 Å². The van der Waals surface area contributed by atoms with Gasteiger partial charge < -0.3 is 14.2 Å². The zero-order chi connectivity index (χ0) is 12.5. The molecule has 1 aromatic rings. The molecule has 0 unspecified atom stereocenters. The molecule has 0 aromatic heterocycles. The van der Waals surface area contributed by atoms with Crippen LogP contribution in [0.4, 0.5) is 0 Å². The molecule has 0 amide bonds. The molecule has 0 saturated heterocycles. The lowest BCUT2D eigenvalue weighted by atomic mass is 9.94.